The van der Waals surface area contributed by atoms with Crippen LogP contribution in [-0.2, 0) is 0 Å². The molecule has 0 aliphatic heterocycles. The molecule has 0 saturated carbocycles. The molecule has 22 heavy (non-hydrogen) atoms. The van der Waals surface area contributed by atoms with Crippen LogP contribution < -0.4 is 10.6 Å². The van der Waals surface area contributed by atoms with Gasteiger partial charge in [-0.2, -0.15) is 0 Å². The lowest BCUT2D eigenvalue weighted by Gasteiger charge is -2.12. The number of benzene rings is 1. The van der Waals surface area contributed by atoms with Crippen molar-refractivity contribution < 1.29 is 4.79 Å². The predicted octanol–water partition coefficient (Wildman–Crippen LogP) is 3.15. The van der Waals surface area contributed by atoms with Gasteiger partial charge in [-0.05, 0) is 38.1 Å². The first kappa shape index (κ1) is 14.1. The number of aromatic amines is 1. The number of pyridine rings is 1. The molecule has 2 amide bonds. The fourth-order valence-electron chi connectivity index (χ4n) is 2.23. The Hall–Kier alpha value is -2.89. The lowest BCUT2D eigenvalue weighted by Crippen LogP contribution is -2.31. The number of amides is 2. The predicted molar refractivity (Wildman–Crippen MR) is 85.6 cm³/mol. The Bertz CT molecular complexity index is 778. The van der Waals surface area contributed by atoms with Gasteiger partial charge in [0.1, 0.15) is 5.82 Å². The number of carbonyl (C=O) groups excluding carboxylic acids is 1. The molecule has 0 unspecified atom stereocenters. The SMILES string of the molecule is Cc1cc(NC(=O)N[C@@H](C)c2nc3ccccc3[nH]2)ccn1. The lowest BCUT2D eigenvalue weighted by molar-refractivity contribution is 0.249. The summed E-state index contributed by atoms with van der Waals surface area (Å²) in [6.45, 7) is 3.76. The third-order valence-electron chi connectivity index (χ3n) is 3.32. The maximum absolute atomic E-state index is 12.0. The average Bonchev–Trinajstić information content (AvgIpc) is 2.91. The van der Waals surface area contributed by atoms with Crippen LogP contribution in [0.3, 0.4) is 0 Å². The number of imidazole rings is 1. The summed E-state index contributed by atoms with van der Waals surface area (Å²) in [6.07, 6.45) is 1.66. The highest BCUT2D eigenvalue weighted by Gasteiger charge is 2.13. The minimum absolute atomic E-state index is 0.227. The molecule has 0 fully saturated rings. The van der Waals surface area contributed by atoms with Crippen LogP contribution in [0.15, 0.2) is 42.6 Å². The van der Waals surface area contributed by atoms with Crippen molar-refractivity contribution in [1.82, 2.24) is 20.3 Å². The van der Waals surface area contributed by atoms with Crippen molar-refractivity contribution >= 4 is 22.8 Å². The van der Waals surface area contributed by atoms with E-state index in [4.69, 9.17) is 0 Å². The minimum atomic E-state index is -0.279. The zero-order valence-corrected chi connectivity index (χ0v) is 12.4. The largest absolute Gasteiger partial charge is 0.340 e. The molecule has 0 aliphatic carbocycles. The highest BCUT2D eigenvalue weighted by Crippen LogP contribution is 2.15. The number of aryl methyl sites for hydroxylation is 1. The van der Waals surface area contributed by atoms with Crippen LogP contribution in [0, 0.1) is 6.92 Å². The van der Waals surface area contributed by atoms with Crippen molar-refractivity contribution in [3.8, 4) is 0 Å². The molecule has 0 bridgehead atoms. The number of aromatic nitrogens is 3. The number of H-pyrrole nitrogens is 1. The molecule has 0 aliphatic rings. The van der Waals surface area contributed by atoms with Gasteiger partial charge in [-0.1, -0.05) is 12.1 Å². The number of nitrogens with one attached hydrogen (secondary N) is 3. The van der Waals surface area contributed by atoms with Crippen LogP contribution in [0.2, 0.25) is 0 Å². The van der Waals surface area contributed by atoms with Gasteiger partial charge in [-0.15, -0.1) is 0 Å². The van der Waals surface area contributed by atoms with E-state index in [1.807, 2.05) is 44.2 Å². The minimum Gasteiger partial charge on any atom is -0.340 e. The smallest absolute Gasteiger partial charge is 0.319 e. The monoisotopic (exact) mass is 295 g/mol. The first-order valence-corrected chi connectivity index (χ1v) is 7.06. The molecule has 3 aromatic rings. The lowest BCUT2D eigenvalue weighted by atomic mass is 10.3. The first-order chi connectivity index (χ1) is 10.6. The molecular formula is C16H17N5O. The molecule has 0 spiro atoms. The molecule has 3 rings (SSSR count). The van der Waals surface area contributed by atoms with E-state index in [2.05, 4.69) is 25.6 Å². The number of nitrogens with zero attached hydrogens (tertiary/aromatic N) is 2. The number of para-hydroxylation sites is 2. The zero-order valence-electron chi connectivity index (χ0n) is 12.4. The highest BCUT2D eigenvalue weighted by molar-refractivity contribution is 5.89. The van der Waals surface area contributed by atoms with Gasteiger partial charge in [0.2, 0.25) is 0 Å². The molecule has 0 radical (unpaired) electrons. The van der Waals surface area contributed by atoms with Gasteiger partial charge in [0.15, 0.2) is 0 Å². The topological polar surface area (TPSA) is 82.7 Å². The highest BCUT2D eigenvalue weighted by atomic mass is 16.2. The Morgan fingerprint density at radius 2 is 2.09 bits per heavy atom. The summed E-state index contributed by atoms with van der Waals surface area (Å²) in [5, 5.41) is 5.65. The van der Waals surface area contributed by atoms with Crippen LogP contribution in [-0.4, -0.2) is 21.0 Å². The number of rotatable bonds is 3. The Morgan fingerprint density at radius 3 is 2.86 bits per heavy atom. The average molecular weight is 295 g/mol. The van der Waals surface area contributed by atoms with Gasteiger partial charge in [-0.3, -0.25) is 4.98 Å². The number of urea groups is 1. The van der Waals surface area contributed by atoms with E-state index < -0.39 is 0 Å². The third kappa shape index (κ3) is 3.06. The quantitative estimate of drug-likeness (QED) is 0.694. The van der Waals surface area contributed by atoms with E-state index in [9.17, 15) is 4.79 Å². The summed E-state index contributed by atoms with van der Waals surface area (Å²) in [4.78, 5) is 23.8. The second kappa shape index (κ2) is 5.85. The van der Waals surface area contributed by atoms with Crippen LogP contribution >= 0.6 is 0 Å². The van der Waals surface area contributed by atoms with Crippen molar-refractivity contribution in [3.05, 3.63) is 54.1 Å². The molecule has 2 heterocycles. The zero-order chi connectivity index (χ0) is 15.5. The summed E-state index contributed by atoms with van der Waals surface area (Å²) in [7, 11) is 0. The fourth-order valence-corrected chi connectivity index (χ4v) is 2.23. The Labute approximate surface area is 128 Å². The van der Waals surface area contributed by atoms with Gasteiger partial charge in [-0.25, -0.2) is 9.78 Å². The number of hydrogen-bond donors (Lipinski definition) is 3. The van der Waals surface area contributed by atoms with Crippen LogP contribution in [0.5, 0.6) is 0 Å². The van der Waals surface area contributed by atoms with Crippen molar-refractivity contribution in [2.24, 2.45) is 0 Å². The first-order valence-electron chi connectivity index (χ1n) is 7.06. The number of fused-ring (bicyclic) bond motifs is 1. The molecule has 112 valence electrons. The van der Waals surface area contributed by atoms with E-state index in [1.165, 1.54) is 0 Å². The maximum atomic E-state index is 12.0. The molecule has 6 nitrogen and oxygen atoms in total. The normalized spacial score (nSPS) is 12.1. The van der Waals surface area contributed by atoms with Gasteiger partial charge in [0.25, 0.3) is 0 Å². The van der Waals surface area contributed by atoms with E-state index in [-0.39, 0.29) is 12.1 Å². The molecule has 0 saturated heterocycles. The van der Waals surface area contributed by atoms with E-state index in [0.29, 0.717) is 5.69 Å². The van der Waals surface area contributed by atoms with E-state index in [0.717, 1.165) is 22.6 Å². The second-order valence-electron chi connectivity index (χ2n) is 5.15. The van der Waals surface area contributed by atoms with Crippen molar-refractivity contribution in [2.75, 3.05) is 5.32 Å². The third-order valence-corrected chi connectivity index (χ3v) is 3.32. The van der Waals surface area contributed by atoms with Gasteiger partial charge < -0.3 is 15.6 Å². The van der Waals surface area contributed by atoms with Gasteiger partial charge >= 0.3 is 6.03 Å². The maximum Gasteiger partial charge on any atom is 0.319 e. The van der Waals surface area contributed by atoms with Crippen LogP contribution in [0.4, 0.5) is 10.5 Å². The number of hydrogen-bond acceptors (Lipinski definition) is 3. The summed E-state index contributed by atoms with van der Waals surface area (Å²) in [6, 6.07) is 10.8. The molecule has 1 aromatic carbocycles. The Morgan fingerprint density at radius 1 is 1.27 bits per heavy atom. The van der Waals surface area contributed by atoms with Crippen molar-refractivity contribution in [3.63, 3.8) is 0 Å². The Balaban J connectivity index is 1.68. The van der Waals surface area contributed by atoms with Gasteiger partial charge in [0.05, 0.1) is 17.1 Å². The molecular weight excluding hydrogens is 278 g/mol. The van der Waals surface area contributed by atoms with Gasteiger partial charge in [0, 0.05) is 17.6 Å². The molecule has 1 atom stereocenters. The number of carbonyl (C=O) groups is 1. The van der Waals surface area contributed by atoms with Crippen LogP contribution in [0.1, 0.15) is 24.5 Å². The molecule has 2 aromatic heterocycles. The standard InChI is InChI=1S/C16H17N5O/c1-10-9-12(7-8-17-10)19-16(22)18-11(2)15-20-13-5-3-4-6-14(13)21-15/h3-9,11H,1-2H3,(H,20,21)(H2,17,18,19,22)/t11-/m0/s1. The van der Waals surface area contributed by atoms with Crippen molar-refractivity contribution in [1.29, 1.82) is 0 Å². The number of anilines is 1. The van der Waals surface area contributed by atoms with Crippen LogP contribution in [0.25, 0.3) is 11.0 Å². The van der Waals surface area contributed by atoms with Crippen molar-refractivity contribution in [2.45, 2.75) is 19.9 Å². The molecule has 6 heteroatoms. The van der Waals surface area contributed by atoms with E-state index >= 15 is 0 Å². The summed E-state index contributed by atoms with van der Waals surface area (Å²) in [5.74, 6) is 0.724. The summed E-state index contributed by atoms with van der Waals surface area (Å²) >= 11 is 0. The molecule has 3 N–H and O–H groups in total. The summed E-state index contributed by atoms with van der Waals surface area (Å²) in [5.41, 5.74) is 3.40. The Kier molecular flexibility index (Phi) is 3.74. The summed E-state index contributed by atoms with van der Waals surface area (Å²) < 4.78 is 0. The second-order valence-corrected chi connectivity index (χ2v) is 5.15. The fraction of sp³-hybridized carbons (Fsp3) is 0.188. The van der Waals surface area contributed by atoms with E-state index in [1.54, 1.807) is 12.3 Å².